The third-order valence-electron chi connectivity index (χ3n) is 3.02. The lowest BCUT2D eigenvalue weighted by Crippen LogP contribution is -2.38. The van der Waals surface area contributed by atoms with Gasteiger partial charge in [0.15, 0.2) is 0 Å². The van der Waals surface area contributed by atoms with E-state index in [4.69, 9.17) is 0 Å². The lowest BCUT2D eigenvalue weighted by atomic mass is 10.3. The SMILES string of the molecule is CCC(C)N(CC)S(=O)(=O)c1c(C)n[nH]c1C. The maximum Gasteiger partial charge on any atom is 0.246 e. The monoisotopic (exact) mass is 259 g/mol. The van der Waals surface area contributed by atoms with E-state index < -0.39 is 10.0 Å². The number of nitrogens with one attached hydrogen (secondary N) is 1. The summed E-state index contributed by atoms with van der Waals surface area (Å²) in [5.74, 6) is 0. The summed E-state index contributed by atoms with van der Waals surface area (Å²) in [7, 11) is -3.44. The van der Waals surface area contributed by atoms with Gasteiger partial charge in [-0.2, -0.15) is 9.40 Å². The molecule has 0 spiro atoms. The van der Waals surface area contributed by atoms with Gasteiger partial charge >= 0.3 is 0 Å². The lowest BCUT2D eigenvalue weighted by molar-refractivity contribution is 0.342. The molecule has 0 aliphatic carbocycles. The van der Waals surface area contributed by atoms with E-state index in [1.165, 1.54) is 4.31 Å². The maximum atomic E-state index is 12.5. The molecular formula is C11H21N3O2S. The molecule has 0 bridgehead atoms. The minimum Gasteiger partial charge on any atom is -0.281 e. The van der Waals surface area contributed by atoms with E-state index in [0.717, 1.165) is 6.42 Å². The zero-order chi connectivity index (χ0) is 13.2. The number of hydrogen-bond donors (Lipinski definition) is 1. The number of aromatic amines is 1. The summed E-state index contributed by atoms with van der Waals surface area (Å²) in [6.45, 7) is 9.68. The molecule has 1 aromatic rings. The number of aryl methyl sites for hydroxylation is 2. The van der Waals surface area contributed by atoms with Crippen LogP contribution in [-0.4, -0.2) is 35.5 Å². The molecule has 1 unspecified atom stereocenters. The number of aromatic nitrogens is 2. The molecule has 98 valence electrons. The van der Waals surface area contributed by atoms with Crippen molar-refractivity contribution in [1.29, 1.82) is 0 Å². The molecule has 17 heavy (non-hydrogen) atoms. The summed E-state index contributed by atoms with van der Waals surface area (Å²) in [5, 5.41) is 6.68. The molecule has 0 aromatic carbocycles. The van der Waals surface area contributed by atoms with Gasteiger partial charge in [-0.1, -0.05) is 13.8 Å². The molecular weight excluding hydrogens is 238 g/mol. The number of rotatable bonds is 5. The highest BCUT2D eigenvalue weighted by Crippen LogP contribution is 2.23. The normalized spacial score (nSPS) is 14.2. The van der Waals surface area contributed by atoms with Crippen LogP contribution in [0.4, 0.5) is 0 Å². The Morgan fingerprint density at radius 2 is 1.94 bits per heavy atom. The largest absolute Gasteiger partial charge is 0.281 e. The van der Waals surface area contributed by atoms with Crippen LogP contribution in [0.25, 0.3) is 0 Å². The van der Waals surface area contributed by atoms with Gasteiger partial charge in [0.1, 0.15) is 4.90 Å². The average molecular weight is 259 g/mol. The van der Waals surface area contributed by atoms with E-state index in [2.05, 4.69) is 10.2 Å². The van der Waals surface area contributed by atoms with Crippen LogP contribution in [0.3, 0.4) is 0 Å². The van der Waals surface area contributed by atoms with E-state index in [1.807, 2.05) is 20.8 Å². The molecule has 5 nitrogen and oxygen atoms in total. The molecule has 6 heteroatoms. The predicted molar refractivity (Wildman–Crippen MR) is 67.4 cm³/mol. The first kappa shape index (κ1) is 14.2. The average Bonchev–Trinajstić information content (AvgIpc) is 2.59. The van der Waals surface area contributed by atoms with Gasteiger partial charge in [-0.15, -0.1) is 0 Å². The number of sulfonamides is 1. The van der Waals surface area contributed by atoms with Crippen molar-refractivity contribution in [1.82, 2.24) is 14.5 Å². The standard InChI is InChI=1S/C11H21N3O2S/c1-6-8(3)14(7-2)17(15,16)11-9(4)12-13-10(11)5/h8H,6-7H2,1-5H3,(H,12,13). The second-order valence-corrected chi connectivity index (χ2v) is 6.06. The summed E-state index contributed by atoms with van der Waals surface area (Å²) >= 11 is 0. The lowest BCUT2D eigenvalue weighted by Gasteiger charge is -2.26. The van der Waals surface area contributed by atoms with Gasteiger partial charge in [0.2, 0.25) is 10.0 Å². The first-order valence-electron chi connectivity index (χ1n) is 5.89. The molecule has 1 atom stereocenters. The third kappa shape index (κ3) is 2.52. The first-order chi connectivity index (χ1) is 7.86. The van der Waals surface area contributed by atoms with Crippen LogP contribution in [0.1, 0.15) is 38.6 Å². The molecule has 0 saturated carbocycles. The Morgan fingerprint density at radius 3 is 2.29 bits per heavy atom. The second-order valence-electron chi connectivity index (χ2n) is 4.23. The van der Waals surface area contributed by atoms with Crippen LogP contribution in [0.15, 0.2) is 4.90 Å². The van der Waals surface area contributed by atoms with Crippen LogP contribution in [0.2, 0.25) is 0 Å². The van der Waals surface area contributed by atoms with Crippen molar-refractivity contribution in [2.75, 3.05) is 6.54 Å². The number of H-pyrrole nitrogens is 1. The molecule has 0 radical (unpaired) electrons. The zero-order valence-electron chi connectivity index (χ0n) is 11.1. The Labute approximate surface area is 103 Å². The molecule has 0 aliphatic rings. The fourth-order valence-corrected chi connectivity index (χ4v) is 4.01. The van der Waals surface area contributed by atoms with Gasteiger partial charge in [-0.25, -0.2) is 8.42 Å². The highest BCUT2D eigenvalue weighted by atomic mass is 32.2. The highest BCUT2D eigenvalue weighted by Gasteiger charge is 2.31. The van der Waals surface area contributed by atoms with E-state index in [0.29, 0.717) is 22.8 Å². The summed E-state index contributed by atoms with van der Waals surface area (Å²) < 4.78 is 26.6. The van der Waals surface area contributed by atoms with E-state index >= 15 is 0 Å². The fraction of sp³-hybridized carbons (Fsp3) is 0.727. The van der Waals surface area contributed by atoms with Crippen LogP contribution in [0, 0.1) is 13.8 Å². The Hall–Kier alpha value is -0.880. The second kappa shape index (κ2) is 5.18. The molecule has 0 aliphatic heterocycles. The predicted octanol–water partition coefficient (Wildman–Crippen LogP) is 1.84. The van der Waals surface area contributed by atoms with Crippen molar-refractivity contribution in [3.8, 4) is 0 Å². The Morgan fingerprint density at radius 1 is 1.35 bits per heavy atom. The third-order valence-corrected chi connectivity index (χ3v) is 5.37. The van der Waals surface area contributed by atoms with E-state index in [-0.39, 0.29) is 6.04 Å². The Kier molecular flexibility index (Phi) is 4.32. The Balaban J connectivity index is 3.27. The number of hydrogen-bond acceptors (Lipinski definition) is 3. The van der Waals surface area contributed by atoms with Crippen LogP contribution in [0.5, 0.6) is 0 Å². The minimum absolute atomic E-state index is 0.00120. The quantitative estimate of drug-likeness (QED) is 0.877. The topological polar surface area (TPSA) is 66.1 Å². The van der Waals surface area contributed by atoms with Crippen LogP contribution >= 0.6 is 0 Å². The van der Waals surface area contributed by atoms with Gasteiger partial charge in [0, 0.05) is 12.6 Å². The molecule has 1 aromatic heterocycles. The van der Waals surface area contributed by atoms with Gasteiger partial charge in [0.05, 0.1) is 11.4 Å². The van der Waals surface area contributed by atoms with Crippen molar-refractivity contribution in [2.45, 2.75) is 52.0 Å². The van der Waals surface area contributed by atoms with Gasteiger partial charge < -0.3 is 0 Å². The van der Waals surface area contributed by atoms with E-state index in [1.54, 1.807) is 13.8 Å². The molecule has 0 amide bonds. The fourth-order valence-electron chi connectivity index (χ4n) is 1.96. The van der Waals surface area contributed by atoms with Crippen molar-refractivity contribution in [3.05, 3.63) is 11.4 Å². The molecule has 0 fully saturated rings. The smallest absolute Gasteiger partial charge is 0.246 e. The van der Waals surface area contributed by atoms with Crippen LogP contribution in [-0.2, 0) is 10.0 Å². The van der Waals surface area contributed by atoms with Crippen molar-refractivity contribution in [2.24, 2.45) is 0 Å². The minimum atomic E-state index is -3.44. The van der Waals surface area contributed by atoms with Crippen molar-refractivity contribution < 1.29 is 8.42 Å². The van der Waals surface area contributed by atoms with E-state index in [9.17, 15) is 8.42 Å². The number of nitrogens with zero attached hydrogens (tertiary/aromatic N) is 2. The molecule has 1 rings (SSSR count). The van der Waals surface area contributed by atoms with Crippen molar-refractivity contribution >= 4 is 10.0 Å². The maximum absolute atomic E-state index is 12.5. The van der Waals surface area contributed by atoms with Crippen LogP contribution < -0.4 is 0 Å². The zero-order valence-corrected chi connectivity index (χ0v) is 11.9. The highest BCUT2D eigenvalue weighted by molar-refractivity contribution is 7.89. The summed E-state index contributed by atoms with van der Waals surface area (Å²) in [4.78, 5) is 0.319. The van der Waals surface area contributed by atoms with Gasteiger partial charge in [-0.05, 0) is 27.2 Å². The summed E-state index contributed by atoms with van der Waals surface area (Å²) in [5.41, 5.74) is 1.13. The van der Waals surface area contributed by atoms with Gasteiger partial charge in [-0.3, -0.25) is 5.10 Å². The molecule has 1 N–H and O–H groups in total. The summed E-state index contributed by atoms with van der Waals surface area (Å²) in [6, 6.07) is -0.00120. The summed E-state index contributed by atoms with van der Waals surface area (Å²) in [6.07, 6.45) is 0.795. The first-order valence-corrected chi connectivity index (χ1v) is 7.33. The van der Waals surface area contributed by atoms with Crippen molar-refractivity contribution in [3.63, 3.8) is 0 Å². The molecule has 0 saturated heterocycles. The Bertz CT molecular complexity index is 459. The van der Waals surface area contributed by atoms with Gasteiger partial charge in [0.25, 0.3) is 0 Å². The molecule has 1 heterocycles.